The van der Waals surface area contributed by atoms with Gasteiger partial charge in [-0.05, 0) is 30.5 Å². The summed E-state index contributed by atoms with van der Waals surface area (Å²) in [6.45, 7) is 1.70. The highest BCUT2D eigenvalue weighted by atomic mass is 19.4. The van der Waals surface area contributed by atoms with Gasteiger partial charge < -0.3 is 29.9 Å². The number of carbonyl (C=O) groups excluding carboxylic acids is 2. The van der Waals surface area contributed by atoms with Crippen molar-refractivity contribution in [3.63, 3.8) is 0 Å². The number of hydrogen-bond donors (Lipinski definition) is 2. The van der Waals surface area contributed by atoms with Crippen LogP contribution in [-0.2, 0) is 33.2 Å². The Bertz CT molecular complexity index is 1730. The van der Waals surface area contributed by atoms with E-state index in [1.165, 1.54) is 14.0 Å². The van der Waals surface area contributed by atoms with E-state index in [4.69, 9.17) is 9.47 Å². The molecule has 1 aromatic carbocycles. The quantitative estimate of drug-likeness (QED) is 0.267. The van der Waals surface area contributed by atoms with E-state index in [1.807, 2.05) is 0 Å². The molecule has 2 aromatic heterocycles. The third-order valence-electron chi connectivity index (χ3n) is 8.62. The minimum absolute atomic E-state index is 0.159. The number of alkyl halides is 6. The number of likely N-dealkylation sites (tertiary alicyclic amines) is 1. The number of nitrogens with zero attached hydrogens (tertiary/aromatic N) is 6. The largest absolute Gasteiger partial charge is 0.497 e. The summed E-state index contributed by atoms with van der Waals surface area (Å²) in [5, 5.41) is 9.12. The molecular weight excluding hydrogens is 690 g/mol. The van der Waals surface area contributed by atoms with E-state index >= 15 is 0 Å². The zero-order chi connectivity index (χ0) is 36.9. The van der Waals surface area contributed by atoms with E-state index < -0.39 is 52.8 Å². The molecule has 2 N–H and O–H groups in total. The van der Waals surface area contributed by atoms with Crippen LogP contribution in [-0.4, -0.2) is 94.5 Å². The van der Waals surface area contributed by atoms with Gasteiger partial charge in [-0.15, -0.1) is 0 Å². The van der Waals surface area contributed by atoms with Gasteiger partial charge in [0.1, 0.15) is 17.4 Å². The van der Waals surface area contributed by atoms with Crippen LogP contribution in [0.3, 0.4) is 0 Å². The second kappa shape index (κ2) is 15.5. The average molecular weight is 727 g/mol. The Morgan fingerprint density at radius 3 is 2.22 bits per heavy atom. The summed E-state index contributed by atoms with van der Waals surface area (Å²) in [4.78, 5) is 49.2. The second-order valence-electron chi connectivity index (χ2n) is 12.2. The SMILES string of the molecule is COc1ccc(Cn2ncc(N[C@@H](CNC(C)=O)CO[C@@H]3CCN(C4CCN(c5ncc(C(F)(F)F)cn5)CC4)C3=O)c(C(F)(F)F)c2=O)cc1. The monoisotopic (exact) mass is 726 g/mol. The van der Waals surface area contributed by atoms with Crippen LogP contribution >= 0.6 is 0 Å². The number of methoxy groups -OCH3 is 1. The van der Waals surface area contributed by atoms with E-state index in [1.54, 1.807) is 34.1 Å². The number of rotatable bonds is 12. The standard InChI is InChI=1S/C32H36F6N8O5/c1-19(47)39-15-22(43-25-16-42-46(29(49)27(25)32(36,37)38)17-20-3-5-24(50-2)6-4-20)18-51-26-9-12-45(28(26)48)23-7-10-44(11-8-23)30-40-13-21(14-41-30)31(33,34)35/h3-6,13-14,16,22-23,26,43H,7-12,15,17-18H2,1-2H3,(H,39,47)/t22-,26+/m0/s1. The Balaban J connectivity index is 1.22. The fraction of sp³-hybridized carbons (Fsp3) is 0.500. The van der Waals surface area contributed by atoms with E-state index in [-0.39, 0.29) is 37.6 Å². The fourth-order valence-corrected chi connectivity index (χ4v) is 5.96. The van der Waals surface area contributed by atoms with Crippen LogP contribution in [0.15, 0.2) is 47.7 Å². The minimum atomic E-state index is -5.06. The summed E-state index contributed by atoms with van der Waals surface area (Å²) in [5.41, 5.74) is -3.89. The molecule has 0 saturated carbocycles. The van der Waals surface area contributed by atoms with E-state index in [9.17, 15) is 40.7 Å². The van der Waals surface area contributed by atoms with Crippen molar-refractivity contribution in [3.8, 4) is 5.75 Å². The molecule has 51 heavy (non-hydrogen) atoms. The van der Waals surface area contributed by atoms with Crippen LogP contribution in [0.25, 0.3) is 0 Å². The maximum absolute atomic E-state index is 14.3. The molecule has 0 radical (unpaired) electrons. The van der Waals surface area contributed by atoms with Crippen LogP contribution in [0.1, 0.15) is 42.9 Å². The van der Waals surface area contributed by atoms with Crippen molar-refractivity contribution < 1.29 is 45.4 Å². The highest BCUT2D eigenvalue weighted by molar-refractivity contribution is 5.83. The topological polar surface area (TPSA) is 144 Å². The molecule has 19 heteroatoms. The molecule has 0 unspecified atom stereocenters. The van der Waals surface area contributed by atoms with Gasteiger partial charge in [-0.3, -0.25) is 14.4 Å². The predicted octanol–water partition coefficient (Wildman–Crippen LogP) is 3.33. The first-order valence-corrected chi connectivity index (χ1v) is 16.0. The van der Waals surface area contributed by atoms with Crippen molar-refractivity contribution in [3.05, 3.63) is 69.9 Å². The van der Waals surface area contributed by atoms with Crippen LogP contribution in [0, 0.1) is 0 Å². The van der Waals surface area contributed by atoms with Gasteiger partial charge in [0.25, 0.3) is 11.5 Å². The summed E-state index contributed by atoms with van der Waals surface area (Å²) in [7, 11) is 1.47. The lowest BCUT2D eigenvalue weighted by atomic mass is 10.0. The van der Waals surface area contributed by atoms with Gasteiger partial charge in [-0.25, -0.2) is 14.6 Å². The van der Waals surface area contributed by atoms with Gasteiger partial charge in [0, 0.05) is 58.0 Å². The molecule has 2 aliphatic heterocycles. The fourth-order valence-electron chi connectivity index (χ4n) is 5.96. The molecule has 0 spiro atoms. The summed E-state index contributed by atoms with van der Waals surface area (Å²) < 4.78 is 93.1. The van der Waals surface area contributed by atoms with E-state index in [2.05, 4.69) is 25.7 Å². The number of ether oxygens (including phenoxy) is 2. The smallest absolute Gasteiger partial charge is 0.423 e. The predicted molar refractivity (Wildman–Crippen MR) is 170 cm³/mol. The summed E-state index contributed by atoms with van der Waals surface area (Å²) in [6.07, 6.45) is -6.84. The number of amides is 2. The number of hydrogen-bond acceptors (Lipinski definition) is 10. The van der Waals surface area contributed by atoms with Crippen LogP contribution in [0.2, 0.25) is 0 Å². The van der Waals surface area contributed by atoms with Crippen molar-refractivity contribution in [1.82, 2.24) is 30.0 Å². The first kappa shape index (κ1) is 37.3. The number of carbonyl (C=O) groups is 2. The lowest BCUT2D eigenvalue weighted by Crippen LogP contribution is -2.47. The number of halogens is 6. The first-order chi connectivity index (χ1) is 24.1. The van der Waals surface area contributed by atoms with Crippen molar-refractivity contribution >= 4 is 23.5 Å². The molecule has 4 heterocycles. The Morgan fingerprint density at radius 2 is 1.63 bits per heavy atom. The maximum Gasteiger partial charge on any atom is 0.423 e. The number of piperidine rings is 1. The molecular formula is C32H36F6N8O5. The molecule has 2 saturated heterocycles. The average Bonchev–Trinajstić information content (AvgIpc) is 3.46. The third-order valence-corrected chi connectivity index (χ3v) is 8.62. The minimum Gasteiger partial charge on any atom is -0.497 e. The second-order valence-corrected chi connectivity index (χ2v) is 12.2. The van der Waals surface area contributed by atoms with Crippen LogP contribution in [0.5, 0.6) is 5.75 Å². The Morgan fingerprint density at radius 1 is 0.961 bits per heavy atom. The molecule has 3 aromatic rings. The summed E-state index contributed by atoms with van der Waals surface area (Å²) in [5.74, 6) is -0.0744. The highest BCUT2D eigenvalue weighted by Crippen LogP contribution is 2.33. The Kier molecular flexibility index (Phi) is 11.4. The third kappa shape index (κ3) is 9.25. The molecule has 13 nitrogen and oxygen atoms in total. The number of benzene rings is 1. The summed E-state index contributed by atoms with van der Waals surface area (Å²) >= 11 is 0. The normalized spacial score (nSPS) is 17.8. The van der Waals surface area contributed by atoms with Gasteiger partial charge in [0.2, 0.25) is 11.9 Å². The first-order valence-electron chi connectivity index (χ1n) is 16.0. The summed E-state index contributed by atoms with van der Waals surface area (Å²) in [6, 6.07) is 5.25. The lowest BCUT2D eigenvalue weighted by molar-refractivity contribution is -0.140. The molecule has 0 aliphatic carbocycles. The number of nitrogens with one attached hydrogen (secondary N) is 2. The molecule has 2 aliphatic rings. The van der Waals surface area contributed by atoms with Gasteiger partial charge in [0.05, 0.1) is 43.8 Å². The van der Waals surface area contributed by atoms with Gasteiger partial charge in [0.15, 0.2) is 0 Å². The Hall–Kier alpha value is -4.94. The molecule has 2 atom stereocenters. The number of anilines is 2. The molecule has 0 bridgehead atoms. The molecule has 276 valence electrons. The van der Waals surface area contributed by atoms with Crippen LogP contribution in [0.4, 0.5) is 38.0 Å². The maximum atomic E-state index is 14.3. The van der Waals surface area contributed by atoms with Crippen molar-refractivity contribution in [2.45, 2.75) is 63.3 Å². The van der Waals surface area contributed by atoms with E-state index in [0.29, 0.717) is 54.9 Å². The van der Waals surface area contributed by atoms with Gasteiger partial charge >= 0.3 is 12.4 Å². The molecule has 2 amide bonds. The molecule has 2 fully saturated rings. The Labute approximate surface area is 287 Å². The zero-order valence-corrected chi connectivity index (χ0v) is 27.6. The van der Waals surface area contributed by atoms with Crippen molar-refractivity contribution in [2.24, 2.45) is 0 Å². The molecule has 5 rings (SSSR count). The van der Waals surface area contributed by atoms with Crippen molar-refractivity contribution in [1.29, 1.82) is 0 Å². The van der Waals surface area contributed by atoms with Crippen LogP contribution < -0.4 is 25.8 Å². The number of aromatic nitrogens is 4. The lowest BCUT2D eigenvalue weighted by Gasteiger charge is -2.36. The van der Waals surface area contributed by atoms with Gasteiger partial charge in [-0.1, -0.05) is 12.1 Å². The zero-order valence-electron chi connectivity index (χ0n) is 27.6. The van der Waals surface area contributed by atoms with Gasteiger partial charge in [-0.2, -0.15) is 31.4 Å². The highest BCUT2D eigenvalue weighted by Gasteiger charge is 2.40. The van der Waals surface area contributed by atoms with E-state index in [0.717, 1.165) is 18.6 Å². The van der Waals surface area contributed by atoms with Crippen molar-refractivity contribution in [2.75, 3.05) is 50.1 Å².